The number of carbonyl (C=O) groups excluding carboxylic acids is 1. The van der Waals surface area contributed by atoms with Gasteiger partial charge in [-0.25, -0.2) is 0 Å². The summed E-state index contributed by atoms with van der Waals surface area (Å²) in [7, 11) is 0. The number of benzene rings is 1. The van der Waals surface area contributed by atoms with E-state index in [2.05, 4.69) is 51.2 Å². The van der Waals surface area contributed by atoms with Crippen molar-refractivity contribution in [1.82, 2.24) is 9.80 Å². The van der Waals surface area contributed by atoms with Crippen LogP contribution in [0.2, 0.25) is 0 Å². The molecule has 1 aromatic carbocycles. The minimum absolute atomic E-state index is 0.269. The van der Waals surface area contributed by atoms with E-state index in [1.165, 1.54) is 5.56 Å². The van der Waals surface area contributed by atoms with Gasteiger partial charge in [-0.15, -0.1) is 0 Å². The monoisotopic (exact) mass is 392 g/mol. The van der Waals surface area contributed by atoms with Crippen LogP contribution in [0.3, 0.4) is 0 Å². The number of ether oxygens (including phenoxy) is 1. The predicted molar refractivity (Wildman–Crippen MR) is 99.7 cm³/mol. The summed E-state index contributed by atoms with van der Waals surface area (Å²) in [5, 5.41) is 0. The highest BCUT2D eigenvalue weighted by Gasteiger charge is 2.23. The van der Waals surface area contributed by atoms with Crippen molar-refractivity contribution < 1.29 is 9.53 Å². The normalized spacial score (nSPS) is 20.6. The van der Waals surface area contributed by atoms with Gasteiger partial charge in [0.25, 0.3) is 0 Å². The number of rotatable bonds is 4. The summed E-state index contributed by atoms with van der Waals surface area (Å²) in [4.78, 5) is 16.6. The number of nitrogens with zero attached hydrogens (tertiary/aromatic N) is 2. The Kier molecular flexibility index (Phi) is 6.46. The molecule has 0 aliphatic carbocycles. The smallest absolute Gasteiger partial charge is 0.236 e. The van der Waals surface area contributed by atoms with E-state index in [-0.39, 0.29) is 5.91 Å². The van der Waals surface area contributed by atoms with Crippen molar-refractivity contribution in [2.45, 2.75) is 12.8 Å². The van der Waals surface area contributed by atoms with Crippen molar-refractivity contribution in [1.29, 1.82) is 0 Å². The Balaban J connectivity index is 1.45. The maximum atomic E-state index is 12.4. The molecule has 2 aliphatic rings. The van der Waals surface area contributed by atoms with Crippen LogP contribution >= 0.6 is 15.9 Å². The number of halogens is 1. The Morgan fingerprint density at radius 3 is 2.58 bits per heavy atom. The van der Waals surface area contributed by atoms with Gasteiger partial charge in [0.2, 0.25) is 5.91 Å². The molecule has 0 bridgehead atoms. The van der Waals surface area contributed by atoms with Crippen molar-refractivity contribution >= 4 is 27.9 Å². The number of hydrogen-bond acceptors (Lipinski definition) is 3. The first-order valence-electron chi connectivity index (χ1n) is 8.73. The molecule has 3 rings (SSSR count). The fraction of sp³-hybridized carbons (Fsp3) is 0.526. The highest BCUT2D eigenvalue weighted by molar-refractivity contribution is 9.10. The Morgan fingerprint density at radius 1 is 1.17 bits per heavy atom. The van der Waals surface area contributed by atoms with E-state index in [0.717, 1.165) is 56.7 Å². The van der Waals surface area contributed by atoms with E-state index < -0.39 is 0 Å². The zero-order valence-electron chi connectivity index (χ0n) is 14.0. The third kappa shape index (κ3) is 4.91. The van der Waals surface area contributed by atoms with Gasteiger partial charge in [0.05, 0.1) is 19.8 Å². The van der Waals surface area contributed by atoms with Crippen molar-refractivity contribution in [2.75, 3.05) is 45.9 Å². The van der Waals surface area contributed by atoms with Gasteiger partial charge in [0, 0.05) is 30.7 Å². The maximum Gasteiger partial charge on any atom is 0.236 e. The summed E-state index contributed by atoms with van der Waals surface area (Å²) in [6.07, 6.45) is 6.59. The molecule has 0 aromatic heterocycles. The zero-order valence-corrected chi connectivity index (χ0v) is 15.6. The van der Waals surface area contributed by atoms with E-state index in [9.17, 15) is 4.79 Å². The molecule has 0 atom stereocenters. The lowest BCUT2D eigenvalue weighted by Gasteiger charge is -2.33. The number of allylic oxidation sites excluding steroid dienone is 1. The van der Waals surface area contributed by atoms with Gasteiger partial charge >= 0.3 is 0 Å². The molecule has 1 aromatic rings. The van der Waals surface area contributed by atoms with Gasteiger partial charge in [-0.05, 0) is 30.4 Å². The predicted octanol–water partition coefficient (Wildman–Crippen LogP) is 3.03. The highest BCUT2D eigenvalue weighted by Crippen LogP contribution is 2.22. The molecule has 0 unspecified atom stereocenters. The molecule has 24 heavy (non-hydrogen) atoms. The van der Waals surface area contributed by atoms with Crippen LogP contribution in [0.1, 0.15) is 18.4 Å². The summed E-state index contributed by atoms with van der Waals surface area (Å²) >= 11 is 3.58. The fourth-order valence-electron chi connectivity index (χ4n) is 3.24. The molecular weight excluding hydrogens is 368 g/mol. The van der Waals surface area contributed by atoms with E-state index in [0.29, 0.717) is 12.5 Å². The standard InChI is InChI=1S/C19H25BrN2O2/c20-18-4-2-1-3-17(18)6-5-16-7-9-22(10-8-16)19(23)15-21-11-13-24-14-12-21/h1-6,16H,7-15H2. The fourth-order valence-corrected chi connectivity index (χ4v) is 3.66. The molecule has 2 saturated heterocycles. The Hall–Kier alpha value is -1.17. The van der Waals surface area contributed by atoms with Crippen LogP contribution < -0.4 is 0 Å². The first-order valence-corrected chi connectivity index (χ1v) is 9.52. The summed E-state index contributed by atoms with van der Waals surface area (Å²) in [6.45, 7) is 5.52. The molecule has 0 N–H and O–H groups in total. The third-order valence-corrected chi connectivity index (χ3v) is 5.53. The summed E-state index contributed by atoms with van der Waals surface area (Å²) < 4.78 is 6.46. The molecule has 130 valence electrons. The number of morpholine rings is 1. The van der Waals surface area contributed by atoms with E-state index in [4.69, 9.17) is 4.74 Å². The van der Waals surface area contributed by atoms with Crippen molar-refractivity contribution in [2.24, 2.45) is 5.92 Å². The van der Waals surface area contributed by atoms with Crippen LogP contribution in [-0.2, 0) is 9.53 Å². The molecule has 0 spiro atoms. The Bertz CT molecular complexity index is 576. The van der Waals surface area contributed by atoms with Crippen molar-refractivity contribution in [3.63, 3.8) is 0 Å². The lowest BCUT2D eigenvalue weighted by molar-refractivity contribution is -0.134. The van der Waals surface area contributed by atoms with Gasteiger partial charge in [-0.1, -0.05) is 46.3 Å². The minimum Gasteiger partial charge on any atom is -0.379 e. The molecule has 0 radical (unpaired) electrons. The van der Waals surface area contributed by atoms with Crippen molar-refractivity contribution in [3.05, 3.63) is 40.4 Å². The average Bonchev–Trinajstić information content (AvgIpc) is 2.62. The molecule has 0 saturated carbocycles. The second kappa shape index (κ2) is 8.79. The largest absolute Gasteiger partial charge is 0.379 e. The summed E-state index contributed by atoms with van der Waals surface area (Å²) in [5.41, 5.74) is 1.21. The third-order valence-electron chi connectivity index (χ3n) is 4.81. The van der Waals surface area contributed by atoms with E-state index in [1.807, 2.05) is 11.0 Å². The number of piperidine rings is 1. The summed E-state index contributed by atoms with van der Waals surface area (Å²) in [6, 6.07) is 8.26. The minimum atomic E-state index is 0.269. The molecule has 2 heterocycles. The first-order chi connectivity index (χ1) is 11.7. The Morgan fingerprint density at radius 2 is 1.88 bits per heavy atom. The van der Waals surface area contributed by atoms with Gasteiger partial charge in [0.1, 0.15) is 0 Å². The topological polar surface area (TPSA) is 32.8 Å². The van der Waals surface area contributed by atoms with E-state index in [1.54, 1.807) is 0 Å². The Labute approximate surface area is 152 Å². The van der Waals surface area contributed by atoms with Gasteiger partial charge in [-0.3, -0.25) is 9.69 Å². The van der Waals surface area contributed by atoms with E-state index >= 15 is 0 Å². The van der Waals surface area contributed by atoms with Crippen LogP contribution in [0, 0.1) is 5.92 Å². The van der Waals surface area contributed by atoms with Crippen LogP contribution in [0.4, 0.5) is 0 Å². The lowest BCUT2D eigenvalue weighted by Crippen LogP contribution is -2.46. The SMILES string of the molecule is O=C(CN1CCOCC1)N1CCC(C=Cc2ccccc2Br)CC1. The number of carbonyl (C=O) groups is 1. The number of amides is 1. The average molecular weight is 393 g/mol. The lowest BCUT2D eigenvalue weighted by atomic mass is 9.95. The van der Waals surface area contributed by atoms with Crippen LogP contribution in [0.25, 0.3) is 6.08 Å². The van der Waals surface area contributed by atoms with Crippen LogP contribution in [0.5, 0.6) is 0 Å². The maximum absolute atomic E-state index is 12.4. The van der Waals surface area contributed by atoms with Crippen LogP contribution in [-0.4, -0.2) is 61.6 Å². The van der Waals surface area contributed by atoms with Crippen LogP contribution in [0.15, 0.2) is 34.8 Å². The second-order valence-corrected chi connectivity index (χ2v) is 7.34. The molecule has 1 amide bonds. The van der Waals surface area contributed by atoms with Gasteiger partial charge < -0.3 is 9.64 Å². The molecule has 4 nitrogen and oxygen atoms in total. The van der Waals surface area contributed by atoms with Crippen molar-refractivity contribution in [3.8, 4) is 0 Å². The molecule has 2 aliphatic heterocycles. The molecular formula is C19H25BrN2O2. The number of hydrogen-bond donors (Lipinski definition) is 0. The van der Waals surface area contributed by atoms with Gasteiger partial charge in [-0.2, -0.15) is 0 Å². The summed E-state index contributed by atoms with van der Waals surface area (Å²) in [5.74, 6) is 0.828. The molecule has 5 heteroatoms. The number of likely N-dealkylation sites (tertiary alicyclic amines) is 1. The quantitative estimate of drug-likeness (QED) is 0.789. The molecule has 2 fully saturated rings. The first kappa shape index (κ1) is 17.6. The highest BCUT2D eigenvalue weighted by atomic mass is 79.9. The second-order valence-electron chi connectivity index (χ2n) is 6.49. The zero-order chi connectivity index (χ0) is 16.8. The van der Waals surface area contributed by atoms with Gasteiger partial charge in [0.15, 0.2) is 0 Å².